The van der Waals surface area contributed by atoms with Gasteiger partial charge >= 0.3 is 5.97 Å². The summed E-state index contributed by atoms with van der Waals surface area (Å²) < 4.78 is 9.90. The molecule has 1 amide bonds. The van der Waals surface area contributed by atoms with Crippen LogP contribution in [0, 0.1) is 0 Å². The third-order valence-electron chi connectivity index (χ3n) is 2.80. The summed E-state index contributed by atoms with van der Waals surface area (Å²) in [7, 11) is 1.36. The number of hydrogen-bond acceptors (Lipinski definition) is 4. The summed E-state index contributed by atoms with van der Waals surface area (Å²) in [5.41, 5.74) is 0.763. The van der Waals surface area contributed by atoms with Crippen LogP contribution in [0.15, 0.2) is 24.3 Å². The Balaban J connectivity index is 2.03. The molecule has 0 N–H and O–H groups in total. The maximum atomic E-state index is 11.8. The van der Waals surface area contributed by atoms with Gasteiger partial charge in [0.2, 0.25) is 0 Å². The second-order valence-electron chi connectivity index (χ2n) is 3.98. The van der Waals surface area contributed by atoms with Crippen LogP contribution in [-0.2, 0) is 14.3 Å². The van der Waals surface area contributed by atoms with Gasteiger partial charge in [0.1, 0.15) is 5.75 Å². The first-order valence-electron chi connectivity index (χ1n) is 5.81. The molecule has 0 aliphatic carbocycles. The predicted octanol–water partition coefficient (Wildman–Crippen LogP) is 1.37. The fourth-order valence-electron chi connectivity index (χ4n) is 1.88. The molecular weight excluding hydrogens is 234 g/mol. The zero-order valence-corrected chi connectivity index (χ0v) is 10.2. The number of amides is 1. The lowest BCUT2D eigenvalue weighted by Gasteiger charge is -2.29. The highest BCUT2D eigenvalue weighted by molar-refractivity contribution is 5.97. The zero-order valence-electron chi connectivity index (χ0n) is 10.2. The molecule has 1 aromatic carbocycles. The molecule has 0 saturated carbocycles. The van der Waals surface area contributed by atoms with E-state index in [2.05, 4.69) is 4.74 Å². The number of methoxy groups -OCH3 is 1. The lowest BCUT2D eigenvalue weighted by molar-refractivity contribution is -0.140. The lowest BCUT2D eigenvalue weighted by atomic mass is 10.2. The molecule has 0 radical (unpaired) electrons. The molecule has 0 saturated heterocycles. The number of fused-ring (bicyclic) bond motifs is 1. The highest BCUT2D eigenvalue weighted by Crippen LogP contribution is 2.31. The minimum Gasteiger partial charge on any atom is -0.482 e. The standard InChI is InChI=1S/C13H15NO4/c1-17-13(16)7-4-8-14-10-5-2-3-6-11(10)18-9-12(14)15/h2-3,5-6H,4,7-9H2,1H3. The number of benzene rings is 1. The van der Waals surface area contributed by atoms with Crippen LogP contribution in [0.1, 0.15) is 12.8 Å². The molecular formula is C13H15NO4. The van der Waals surface area contributed by atoms with Crippen LogP contribution in [0.5, 0.6) is 5.75 Å². The normalized spacial score (nSPS) is 13.8. The van der Waals surface area contributed by atoms with Gasteiger partial charge in [-0.25, -0.2) is 0 Å². The molecule has 1 aromatic rings. The third-order valence-corrected chi connectivity index (χ3v) is 2.80. The Bertz CT molecular complexity index is 458. The Kier molecular flexibility index (Phi) is 3.82. The Labute approximate surface area is 105 Å². The lowest BCUT2D eigenvalue weighted by Crippen LogP contribution is -2.39. The van der Waals surface area contributed by atoms with E-state index in [1.165, 1.54) is 7.11 Å². The van der Waals surface area contributed by atoms with E-state index in [1.807, 2.05) is 24.3 Å². The minimum atomic E-state index is -0.260. The molecule has 96 valence electrons. The minimum absolute atomic E-state index is 0.0508. The van der Waals surface area contributed by atoms with Gasteiger partial charge in [-0.2, -0.15) is 0 Å². The van der Waals surface area contributed by atoms with E-state index < -0.39 is 0 Å². The van der Waals surface area contributed by atoms with Crippen LogP contribution in [0.2, 0.25) is 0 Å². The van der Waals surface area contributed by atoms with Crippen LogP contribution in [0.25, 0.3) is 0 Å². The van der Waals surface area contributed by atoms with Gasteiger partial charge in [-0.05, 0) is 18.6 Å². The smallest absolute Gasteiger partial charge is 0.305 e. The quantitative estimate of drug-likeness (QED) is 0.756. The third kappa shape index (κ3) is 2.61. The van der Waals surface area contributed by atoms with Gasteiger partial charge in [-0.3, -0.25) is 9.59 Å². The monoisotopic (exact) mass is 249 g/mol. The second-order valence-corrected chi connectivity index (χ2v) is 3.98. The van der Waals surface area contributed by atoms with Crippen molar-refractivity contribution in [3.05, 3.63) is 24.3 Å². The Morgan fingerprint density at radius 2 is 2.22 bits per heavy atom. The number of para-hydroxylation sites is 2. The zero-order chi connectivity index (χ0) is 13.0. The number of esters is 1. The van der Waals surface area contributed by atoms with Crippen molar-refractivity contribution in [3.63, 3.8) is 0 Å². The molecule has 0 aromatic heterocycles. The number of carbonyl (C=O) groups is 2. The van der Waals surface area contributed by atoms with Crippen molar-refractivity contribution in [1.82, 2.24) is 0 Å². The SMILES string of the molecule is COC(=O)CCCN1C(=O)COc2ccccc21. The highest BCUT2D eigenvalue weighted by Gasteiger charge is 2.24. The van der Waals surface area contributed by atoms with E-state index in [0.717, 1.165) is 5.69 Å². The van der Waals surface area contributed by atoms with E-state index in [9.17, 15) is 9.59 Å². The van der Waals surface area contributed by atoms with Crippen molar-refractivity contribution in [1.29, 1.82) is 0 Å². The van der Waals surface area contributed by atoms with Crippen molar-refractivity contribution < 1.29 is 19.1 Å². The van der Waals surface area contributed by atoms with Crippen molar-refractivity contribution in [2.24, 2.45) is 0 Å². The van der Waals surface area contributed by atoms with Crippen LogP contribution in [0.4, 0.5) is 5.69 Å². The van der Waals surface area contributed by atoms with Gasteiger partial charge in [0.05, 0.1) is 12.8 Å². The summed E-state index contributed by atoms with van der Waals surface area (Å²) in [5, 5.41) is 0. The molecule has 1 heterocycles. The van der Waals surface area contributed by atoms with Crippen molar-refractivity contribution >= 4 is 17.6 Å². The molecule has 0 fully saturated rings. The van der Waals surface area contributed by atoms with Crippen LogP contribution in [0.3, 0.4) is 0 Å². The number of nitrogens with zero attached hydrogens (tertiary/aromatic N) is 1. The van der Waals surface area contributed by atoms with Gasteiger partial charge < -0.3 is 14.4 Å². The predicted molar refractivity (Wildman–Crippen MR) is 65.5 cm³/mol. The van der Waals surface area contributed by atoms with Gasteiger partial charge in [-0.1, -0.05) is 12.1 Å². The van der Waals surface area contributed by atoms with Crippen molar-refractivity contribution in [3.8, 4) is 5.75 Å². The molecule has 18 heavy (non-hydrogen) atoms. The molecule has 0 atom stereocenters. The Hall–Kier alpha value is -2.04. The molecule has 0 spiro atoms. The van der Waals surface area contributed by atoms with E-state index in [4.69, 9.17) is 4.74 Å². The molecule has 5 nitrogen and oxygen atoms in total. The maximum Gasteiger partial charge on any atom is 0.305 e. The van der Waals surface area contributed by atoms with Crippen molar-refractivity contribution in [2.45, 2.75) is 12.8 Å². The van der Waals surface area contributed by atoms with Gasteiger partial charge in [0.15, 0.2) is 6.61 Å². The summed E-state index contributed by atoms with van der Waals surface area (Å²) in [4.78, 5) is 24.5. The maximum absolute atomic E-state index is 11.8. The molecule has 2 rings (SSSR count). The topological polar surface area (TPSA) is 55.8 Å². The van der Waals surface area contributed by atoms with Gasteiger partial charge in [0, 0.05) is 13.0 Å². The molecule has 0 unspecified atom stereocenters. The number of ether oxygens (including phenoxy) is 2. The fraction of sp³-hybridized carbons (Fsp3) is 0.385. The summed E-state index contributed by atoms with van der Waals surface area (Å²) in [5.74, 6) is 0.359. The highest BCUT2D eigenvalue weighted by atomic mass is 16.5. The van der Waals surface area contributed by atoms with Crippen molar-refractivity contribution in [2.75, 3.05) is 25.2 Å². The number of carbonyl (C=O) groups excluding carboxylic acids is 2. The first kappa shape index (κ1) is 12.4. The number of rotatable bonds is 4. The van der Waals surface area contributed by atoms with E-state index in [1.54, 1.807) is 4.90 Å². The molecule has 1 aliphatic rings. The van der Waals surface area contributed by atoms with Gasteiger partial charge in [0.25, 0.3) is 5.91 Å². The first-order valence-corrected chi connectivity index (χ1v) is 5.81. The molecule has 5 heteroatoms. The van der Waals surface area contributed by atoms with Crippen LogP contribution >= 0.6 is 0 Å². The first-order chi connectivity index (χ1) is 8.72. The average Bonchev–Trinajstić information content (AvgIpc) is 2.41. The van der Waals surface area contributed by atoms with Crippen LogP contribution < -0.4 is 9.64 Å². The molecule has 0 bridgehead atoms. The van der Waals surface area contributed by atoms with Gasteiger partial charge in [-0.15, -0.1) is 0 Å². The number of hydrogen-bond donors (Lipinski definition) is 0. The molecule has 1 aliphatic heterocycles. The fourth-order valence-corrected chi connectivity index (χ4v) is 1.88. The summed E-state index contributed by atoms with van der Waals surface area (Å²) >= 11 is 0. The summed E-state index contributed by atoms with van der Waals surface area (Å²) in [6.45, 7) is 0.545. The summed E-state index contributed by atoms with van der Waals surface area (Å²) in [6.07, 6.45) is 0.885. The largest absolute Gasteiger partial charge is 0.482 e. The Morgan fingerprint density at radius 3 is 3.00 bits per heavy atom. The summed E-state index contributed by atoms with van der Waals surface area (Å²) in [6, 6.07) is 7.38. The van der Waals surface area contributed by atoms with E-state index >= 15 is 0 Å². The Morgan fingerprint density at radius 1 is 1.44 bits per heavy atom. The van der Waals surface area contributed by atoms with E-state index in [-0.39, 0.29) is 18.5 Å². The van der Waals surface area contributed by atoms with E-state index in [0.29, 0.717) is 25.1 Å². The van der Waals surface area contributed by atoms with Crippen LogP contribution in [-0.4, -0.2) is 32.1 Å². The number of anilines is 1. The second kappa shape index (κ2) is 5.53. The average molecular weight is 249 g/mol.